The van der Waals surface area contributed by atoms with Gasteiger partial charge in [-0.15, -0.1) is 6.58 Å². The Morgan fingerprint density at radius 3 is 2.53 bits per heavy atom. The number of carbonyl (C=O) groups excluding carboxylic acids is 1. The van der Waals surface area contributed by atoms with Crippen LogP contribution in [0.2, 0.25) is 0 Å². The second-order valence-corrected chi connectivity index (χ2v) is 3.57. The van der Waals surface area contributed by atoms with Crippen LogP contribution in [-0.4, -0.2) is 50.3 Å². The van der Waals surface area contributed by atoms with Crippen molar-refractivity contribution < 1.29 is 14.3 Å². The monoisotopic (exact) mass is 241 g/mol. The number of nitrogens with zero attached hydrogens (tertiary/aromatic N) is 1. The maximum Gasteiger partial charge on any atom is 0.335 e. The summed E-state index contributed by atoms with van der Waals surface area (Å²) in [6.07, 6.45) is 1.62. The van der Waals surface area contributed by atoms with E-state index in [1.165, 1.54) is 0 Å². The lowest BCUT2D eigenvalue weighted by Crippen LogP contribution is -2.28. The first-order chi connectivity index (χ1) is 8.15. The minimum atomic E-state index is -0.388. The third-order valence-electron chi connectivity index (χ3n) is 2.34. The van der Waals surface area contributed by atoms with Crippen LogP contribution in [0.15, 0.2) is 24.8 Å². The van der Waals surface area contributed by atoms with Gasteiger partial charge in [0.05, 0.1) is 18.8 Å². The minimum absolute atomic E-state index is 0.191. The van der Waals surface area contributed by atoms with E-state index < -0.39 is 0 Å². The van der Waals surface area contributed by atoms with Crippen LogP contribution >= 0.6 is 0 Å². The Morgan fingerprint density at radius 2 is 2.00 bits per heavy atom. The standard InChI is InChI=1S/C13H23NO3/c1-5-9-16-11-12(4)13(15)17-10-8-14(6-2)7-3/h5H,1,4,6-11H2,2-3H3. The van der Waals surface area contributed by atoms with Crippen molar-refractivity contribution in [2.75, 3.05) is 39.5 Å². The van der Waals surface area contributed by atoms with Gasteiger partial charge >= 0.3 is 5.97 Å². The van der Waals surface area contributed by atoms with E-state index in [0.29, 0.717) is 18.8 Å². The van der Waals surface area contributed by atoms with Gasteiger partial charge in [0.1, 0.15) is 6.61 Å². The molecule has 0 aliphatic rings. The molecule has 0 aliphatic carbocycles. The lowest BCUT2D eigenvalue weighted by atomic mass is 10.3. The Kier molecular flexibility index (Phi) is 9.38. The molecule has 0 heterocycles. The third-order valence-corrected chi connectivity index (χ3v) is 2.34. The van der Waals surface area contributed by atoms with Crippen LogP contribution in [0.4, 0.5) is 0 Å². The Morgan fingerprint density at radius 1 is 1.35 bits per heavy atom. The average molecular weight is 241 g/mol. The number of rotatable bonds is 10. The molecule has 0 atom stereocenters. The normalized spacial score (nSPS) is 10.3. The van der Waals surface area contributed by atoms with Crippen molar-refractivity contribution in [3.05, 3.63) is 24.8 Å². The second-order valence-electron chi connectivity index (χ2n) is 3.57. The van der Waals surface area contributed by atoms with Crippen molar-refractivity contribution in [1.82, 2.24) is 4.90 Å². The summed E-state index contributed by atoms with van der Waals surface area (Å²) in [5.74, 6) is -0.388. The molecule has 0 aliphatic heterocycles. The summed E-state index contributed by atoms with van der Waals surface area (Å²) in [7, 11) is 0. The van der Waals surface area contributed by atoms with Gasteiger partial charge in [-0.2, -0.15) is 0 Å². The number of hydrogen-bond acceptors (Lipinski definition) is 4. The van der Waals surface area contributed by atoms with Crippen LogP contribution < -0.4 is 0 Å². The highest BCUT2D eigenvalue weighted by molar-refractivity contribution is 5.87. The van der Waals surface area contributed by atoms with Gasteiger partial charge in [0, 0.05) is 6.54 Å². The van der Waals surface area contributed by atoms with E-state index in [1.807, 2.05) is 0 Å². The smallest absolute Gasteiger partial charge is 0.335 e. The van der Waals surface area contributed by atoms with Crippen molar-refractivity contribution >= 4 is 5.97 Å². The van der Waals surface area contributed by atoms with E-state index in [0.717, 1.165) is 19.6 Å². The van der Waals surface area contributed by atoms with E-state index >= 15 is 0 Å². The van der Waals surface area contributed by atoms with Gasteiger partial charge in [0.15, 0.2) is 0 Å². The number of esters is 1. The Labute approximate surface area is 104 Å². The quantitative estimate of drug-likeness (QED) is 0.252. The van der Waals surface area contributed by atoms with Crippen molar-refractivity contribution in [2.24, 2.45) is 0 Å². The molecule has 0 amide bonds. The molecule has 0 N–H and O–H groups in total. The molecule has 0 unspecified atom stereocenters. The molecule has 0 fully saturated rings. The Balaban J connectivity index is 3.70. The molecule has 0 saturated heterocycles. The fourth-order valence-electron chi connectivity index (χ4n) is 1.23. The van der Waals surface area contributed by atoms with Crippen molar-refractivity contribution in [1.29, 1.82) is 0 Å². The summed E-state index contributed by atoms with van der Waals surface area (Å²) in [4.78, 5) is 13.6. The van der Waals surface area contributed by atoms with Crippen molar-refractivity contribution in [3.63, 3.8) is 0 Å². The van der Waals surface area contributed by atoms with Crippen molar-refractivity contribution in [2.45, 2.75) is 13.8 Å². The van der Waals surface area contributed by atoms with E-state index in [1.54, 1.807) is 6.08 Å². The van der Waals surface area contributed by atoms with Crippen LogP contribution in [0.1, 0.15) is 13.8 Å². The first-order valence-corrected chi connectivity index (χ1v) is 5.91. The predicted molar refractivity (Wildman–Crippen MR) is 68.9 cm³/mol. The van der Waals surface area contributed by atoms with Crippen LogP contribution in [0.5, 0.6) is 0 Å². The van der Waals surface area contributed by atoms with Gasteiger partial charge in [-0.1, -0.05) is 26.5 Å². The van der Waals surface area contributed by atoms with Gasteiger partial charge < -0.3 is 14.4 Å². The average Bonchev–Trinajstić information content (AvgIpc) is 2.34. The first-order valence-electron chi connectivity index (χ1n) is 5.91. The zero-order chi connectivity index (χ0) is 13.1. The Hall–Kier alpha value is -1.13. The number of hydrogen-bond donors (Lipinski definition) is 0. The number of carbonyl (C=O) groups is 1. The minimum Gasteiger partial charge on any atom is -0.461 e. The summed E-state index contributed by atoms with van der Waals surface area (Å²) in [6, 6.07) is 0. The lowest BCUT2D eigenvalue weighted by molar-refractivity contribution is -0.140. The fourth-order valence-corrected chi connectivity index (χ4v) is 1.23. The molecule has 4 nitrogen and oxygen atoms in total. The van der Waals surface area contributed by atoms with Gasteiger partial charge in [-0.3, -0.25) is 0 Å². The molecule has 0 aromatic rings. The van der Waals surface area contributed by atoms with Crippen LogP contribution in [0.3, 0.4) is 0 Å². The maximum absolute atomic E-state index is 11.4. The molecule has 4 heteroatoms. The molecular weight excluding hydrogens is 218 g/mol. The van der Waals surface area contributed by atoms with E-state index in [4.69, 9.17) is 9.47 Å². The molecule has 0 spiro atoms. The fraction of sp³-hybridized carbons (Fsp3) is 0.615. The molecular formula is C13H23NO3. The summed E-state index contributed by atoms with van der Waals surface area (Å²) >= 11 is 0. The molecule has 0 aromatic carbocycles. The van der Waals surface area contributed by atoms with Crippen LogP contribution in [0, 0.1) is 0 Å². The summed E-state index contributed by atoms with van der Waals surface area (Å²) in [6.45, 7) is 14.9. The molecule has 0 rings (SSSR count). The Bertz CT molecular complexity index is 247. The lowest BCUT2D eigenvalue weighted by Gasteiger charge is -2.17. The number of ether oxygens (including phenoxy) is 2. The molecule has 0 bridgehead atoms. The summed E-state index contributed by atoms with van der Waals surface area (Å²) < 4.78 is 10.2. The third kappa shape index (κ3) is 7.71. The first kappa shape index (κ1) is 15.9. The van der Waals surface area contributed by atoms with Crippen LogP contribution in [-0.2, 0) is 14.3 Å². The van der Waals surface area contributed by atoms with Gasteiger partial charge in [0.2, 0.25) is 0 Å². The molecule has 0 aromatic heterocycles. The molecule has 98 valence electrons. The SMILES string of the molecule is C=CCOCC(=C)C(=O)OCCN(CC)CC. The van der Waals surface area contributed by atoms with Gasteiger partial charge in [-0.05, 0) is 13.1 Å². The zero-order valence-electron chi connectivity index (χ0n) is 10.9. The highest BCUT2D eigenvalue weighted by Gasteiger charge is 2.09. The highest BCUT2D eigenvalue weighted by atomic mass is 16.5. The second kappa shape index (κ2) is 10.1. The molecule has 0 saturated carbocycles. The van der Waals surface area contributed by atoms with Gasteiger partial charge in [-0.25, -0.2) is 4.79 Å². The number of likely N-dealkylation sites (N-methyl/N-ethyl adjacent to an activating group) is 1. The van der Waals surface area contributed by atoms with E-state index in [2.05, 4.69) is 31.9 Å². The molecule has 0 radical (unpaired) electrons. The predicted octanol–water partition coefficient (Wildman–Crippen LogP) is 1.63. The summed E-state index contributed by atoms with van der Waals surface area (Å²) in [5.41, 5.74) is 0.339. The van der Waals surface area contributed by atoms with Gasteiger partial charge in [0.25, 0.3) is 0 Å². The largest absolute Gasteiger partial charge is 0.461 e. The van der Waals surface area contributed by atoms with Crippen molar-refractivity contribution in [3.8, 4) is 0 Å². The summed E-state index contributed by atoms with van der Waals surface area (Å²) in [5, 5.41) is 0. The van der Waals surface area contributed by atoms with E-state index in [9.17, 15) is 4.79 Å². The van der Waals surface area contributed by atoms with E-state index in [-0.39, 0.29) is 12.6 Å². The highest BCUT2D eigenvalue weighted by Crippen LogP contribution is 1.97. The van der Waals surface area contributed by atoms with Crippen LogP contribution in [0.25, 0.3) is 0 Å². The maximum atomic E-state index is 11.4. The zero-order valence-corrected chi connectivity index (χ0v) is 10.9. The topological polar surface area (TPSA) is 38.8 Å². The molecule has 17 heavy (non-hydrogen) atoms.